The summed E-state index contributed by atoms with van der Waals surface area (Å²) in [5.41, 5.74) is 15.0. The number of pyridine rings is 1. The number of hydrogen-bond donors (Lipinski definition) is 2. The van der Waals surface area contributed by atoms with E-state index in [1.165, 1.54) is 12.1 Å². The first-order chi connectivity index (χ1) is 14.1. The van der Waals surface area contributed by atoms with Crippen LogP contribution in [-0.4, -0.2) is 24.7 Å². The monoisotopic (exact) mass is 385 g/mol. The van der Waals surface area contributed by atoms with Gasteiger partial charge < -0.3 is 11.5 Å². The summed E-state index contributed by atoms with van der Waals surface area (Å²) in [5, 5.41) is 6.04. The van der Waals surface area contributed by atoms with E-state index < -0.39 is 0 Å². The number of nitrogens with zero attached hydrogens (tertiary/aromatic N) is 5. The van der Waals surface area contributed by atoms with Gasteiger partial charge in [-0.05, 0) is 42.0 Å². The minimum Gasteiger partial charge on any atom is -0.384 e. The van der Waals surface area contributed by atoms with Gasteiger partial charge in [-0.3, -0.25) is 4.68 Å². The molecule has 0 spiro atoms. The SMILES string of the molecule is Nc1cc2c(N)nc(-c3ccc4c(cnn4Cc4cccc(F)c4)c3)nc2cn1. The van der Waals surface area contributed by atoms with Crippen molar-refractivity contribution >= 4 is 33.4 Å². The molecule has 0 unspecified atom stereocenters. The van der Waals surface area contributed by atoms with E-state index >= 15 is 0 Å². The number of halogens is 1. The second-order valence-corrected chi connectivity index (χ2v) is 6.76. The summed E-state index contributed by atoms with van der Waals surface area (Å²) >= 11 is 0. The van der Waals surface area contributed by atoms with Crippen LogP contribution in [0.25, 0.3) is 33.2 Å². The molecule has 3 aromatic heterocycles. The van der Waals surface area contributed by atoms with Gasteiger partial charge in [0.25, 0.3) is 0 Å². The molecule has 0 fully saturated rings. The van der Waals surface area contributed by atoms with Gasteiger partial charge in [0.2, 0.25) is 0 Å². The van der Waals surface area contributed by atoms with Crippen molar-refractivity contribution in [2.45, 2.75) is 6.54 Å². The van der Waals surface area contributed by atoms with Crippen LogP contribution in [0.4, 0.5) is 16.0 Å². The van der Waals surface area contributed by atoms with Gasteiger partial charge in [0, 0.05) is 16.3 Å². The van der Waals surface area contributed by atoms with E-state index in [2.05, 4.69) is 20.1 Å². The highest BCUT2D eigenvalue weighted by molar-refractivity contribution is 5.91. The molecular weight excluding hydrogens is 369 g/mol. The molecular formula is C21H16FN7. The average molecular weight is 385 g/mol. The fourth-order valence-electron chi connectivity index (χ4n) is 3.36. The summed E-state index contributed by atoms with van der Waals surface area (Å²) in [6, 6.07) is 14.0. The molecule has 3 heterocycles. The highest BCUT2D eigenvalue weighted by atomic mass is 19.1. The minimum absolute atomic E-state index is 0.261. The van der Waals surface area contributed by atoms with Crippen molar-refractivity contribution in [1.29, 1.82) is 0 Å². The summed E-state index contributed by atoms with van der Waals surface area (Å²) in [6.45, 7) is 0.479. The number of nitrogens with two attached hydrogens (primary N) is 2. The van der Waals surface area contributed by atoms with Crippen molar-refractivity contribution in [2.75, 3.05) is 11.5 Å². The van der Waals surface area contributed by atoms with Crippen LogP contribution in [0.2, 0.25) is 0 Å². The Morgan fingerprint density at radius 1 is 0.966 bits per heavy atom. The fraction of sp³-hybridized carbons (Fsp3) is 0.0476. The second kappa shape index (κ2) is 6.52. The number of benzene rings is 2. The summed E-state index contributed by atoms with van der Waals surface area (Å²) < 4.78 is 15.3. The lowest BCUT2D eigenvalue weighted by atomic mass is 10.1. The fourth-order valence-corrected chi connectivity index (χ4v) is 3.36. The van der Waals surface area contributed by atoms with Crippen LogP contribution >= 0.6 is 0 Å². The minimum atomic E-state index is -0.261. The van der Waals surface area contributed by atoms with E-state index in [0.29, 0.717) is 34.9 Å². The molecule has 7 nitrogen and oxygen atoms in total. The predicted molar refractivity (Wildman–Crippen MR) is 110 cm³/mol. The molecule has 142 valence electrons. The van der Waals surface area contributed by atoms with Crippen LogP contribution in [0.15, 0.2) is 60.9 Å². The highest BCUT2D eigenvalue weighted by Gasteiger charge is 2.11. The zero-order valence-electron chi connectivity index (χ0n) is 15.2. The lowest BCUT2D eigenvalue weighted by molar-refractivity contribution is 0.621. The third kappa shape index (κ3) is 3.10. The molecule has 29 heavy (non-hydrogen) atoms. The number of anilines is 2. The Kier molecular flexibility index (Phi) is 3.83. The van der Waals surface area contributed by atoms with Crippen LogP contribution in [0.5, 0.6) is 0 Å². The molecule has 0 aliphatic rings. The number of hydrogen-bond acceptors (Lipinski definition) is 6. The van der Waals surface area contributed by atoms with Crippen LogP contribution in [-0.2, 0) is 6.54 Å². The predicted octanol–water partition coefficient (Wildman–Crippen LogP) is 3.39. The molecule has 0 radical (unpaired) electrons. The summed E-state index contributed by atoms with van der Waals surface area (Å²) in [7, 11) is 0. The maximum absolute atomic E-state index is 13.5. The number of fused-ring (bicyclic) bond motifs is 2. The quantitative estimate of drug-likeness (QED) is 0.493. The van der Waals surface area contributed by atoms with E-state index in [4.69, 9.17) is 11.5 Å². The zero-order chi connectivity index (χ0) is 20.0. The molecule has 0 atom stereocenters. The van der Waals surface area contributed by atoms with Gasteiger partial charge in [0.1, 0.15) is 17.5 Å². The molecule has 5 rings (SSSR count). The number of nitrogen functional groups attached to an aromatic ring is 2. The molecule has 0 saturated heterocycles. The normalized spacial score (nSPS) is 11.3. The van der Waals surface area contributed by atoms with Crippen molar-refractivity contribution in [2.24, 2.45) is 0 Å². The van der Waals surface area contributed by atoms with Crippen LogP contribution in [0.1, 0.15) is 5.56 Å². The van der Waals surface area contributed by atoms with Gasteiger partial charge in [0.05, 0.1) is 30.0 Å². The Hall–Kier alpha value is -4.07. The van der Waals surface area contributed by atoms with Crippen molar-refractivity contribution in [3.63, 3.8) is 0 Å². The van der Waals surface area contributed by atoms with Crippen molar-refractivity contribution in [1.82, 2.24) is 24.7 Å². The molecule has 0 amide bonds. The van der Waals surface area contributed by atoms with Gasteiger partial charge in [0.15, 0.2) is 5.82 Å². The molecule has 0 bridgehead atoms. The third-order valence-electron chi connectivity index (χ3n) is 4.75. The number of aromatic nitrogens is 5. The van der Waals surface area contributed by atoms with Crippen molar-refractivity contribution < 1.29 is 4.39 Å². The lowest BCUT2D eigenvalue weighted by Gasteiger charge is -2.07. The second-order valence-electron chi connectivity index (χ2n) is 6.76. The first-order valence-electron chi connectivity index (χ1n) is 8.96. The zero-order valence-corrected chi connectivity index (χ0v) is 15.2. The first-order valence-corrected chi connectivity index (χ1v) is 8.96. The molecule has 8 heteroatoms. The van der Waals surface area contributed by atoms with Gasteiger partial charge in [-0.2, -0.15) is 5.10 Å². The van der Waals surface area contributed by atoms with Gasteiger partial charge in [-0.15, -0.1) is 0 Å². The molecule has 4 N–H and O–H groups in total. The van der Waals surface area contributed by atoms with Gasteiger partial charge in [-0.25, -0.2) is 19.3 Å². The van der Waals surface area contributed by atoms with Crippen LogP contribution < -0.4 is 11.5 Å². The Labute approximate surface area is 164 Å². The van der Waals surface area contributed by atoms with E-state index in [1.54, 1.807) is 24.5 Å². The van der Waals surface area contributed by atoms with E-state index in [0.717, 1.165) is 22.0 Å². The Balaban J connectivity index is 1.54. The molecule has 0 aliphatic carbocycles. The third-order valence-corrected chi connectivity index (χ3v) is 4.75. The maximum Gasteiger partial charge on any atom is 0.162 e. The molecule has 0 aliphatic heterocycles. The molecule has 0 saturated carbocycles. The standard InChI is InChI=1S/C21H16FN7/c22-15-3-1-2-12(6-15)11-29-18-5-4-13(7-14(18)9-26-29)21-27-17-10-25-19(23)8-16(17)20(24)28-21/h1-10H,11H2,(H2,23,25)(H2,24,27,28). The summed E-state index contributed by atoms with van der Waals surface area (Å²) in [5.74, 6) is 0.957. The summed E-state index contributed by atoms with van der Waals surface area (Å²) in [6.07, 6.45) is 3.35. The van der Waals surface area contributed by atoms with Crippen LogP contribution in [0, 0.1) is 5.82 Å². The first kappa shape index (κ1) is 17.1. The van der Waals surface area contributed by atoms with E-state index in [9.17, 15) is 4.39 Å². The highest BCUT2D eigenvalue weighted by Crippen LogP contribution is 2.26. The smallest absolute Gasteiger partial charge is 0.162 e. The Morgan fingerprint density at radius 2 is 1.86 bits per heavy atom. The van der Waals surface area contributed by atoms with Gasteiger partial charge >= 0.3 is 0 Å². The van der Waals surface area contributed by atoms with Crippen molar-refractivity contribution in [3.05, 3.63) is 72.3 Å². The van der Waals surface area contributed by atoms with Crippen LogP contribution in [0.3, 0.4) is 0 Å². The number of rotatable bonds is 3. The largest absolute Gasteiger partial charge is 0.384 e. The Bertz CT molecular complexity index is 1380. The van der Waals surface area contributed by atoms with Gasteiger partial charge in [-0.1, -0.05) is 12.1 Å². The van der Waals surface area contributed by atoms with E-state index in [1.807, 2.05) is 28.9 Å². The van der Waals surface area contributed by atoms with Crippen molar-refractivity contribution in [3.8, 4) is 11.4 Å². The maximum atomic E-state index is 13.5. The van der Waals surface area contributed by atoms with E-state index in [-0.39, 0.29) is 5.82 Å². The topological polar surface area (TPSA) is 109 Å². The Morgan fingerprint density at radius 3 is 2.72 bits per heavy atom. The molecule has 5 aromatic rings. The lowest BCUT2D eigenvalue weighted by Crippen LogP contribution is -2.02. The summed E-state index contributed by atoms with van der Waals surface area (Å²) in [4.78, 5) is 13.1. The molecule has 2 aromatic carbocycles. The average Bonchev–Trinajstić information content (AvgIpc) is 3.10.